The largest absolute Gasteiger partial charge is 0.497 e. The topological polar surface area (TPSA) is 48.6 Å². The molecule has 0 bridgehead atoms. The molecule has 28 heavy (non-hydrogen) atoms. The molecular formula is C24H21N3O. The smallest absolute Gasteiger partial charge is 0.159 e. The van der Waals surface area contributed by atoms with Gasteiger partial charge in [0.1, 0.15) is 5.75 Å². The number of hydrazone groups is 1. The predicted octanol–water partition coefficient (Wildman–Crippen LogP) is 5.11. The van der Waals surface area contributed by atoms with Crippen molar-refractivity contribution in [3.05, 3.63) is 102 Å². The van der Waals surface area contributed by atoms with Crippen LogP contribution in [0, 0.1) is 11.3 Å². The zero-order valence-corrected chi connectivity index (χ0v) is 15.7. The number of methoxy groups -OCH3 is 1. The van der Waals surface area contributed by atoms with Gasteiger partial charge in [0.05, 0.1) is 24.9 Å². The Morgan fingerprint density at radius 3 is 2.21 bits per heavy atom. The molecule has 0 saturated carbocycles. The Hall–Kier alpha value is -3.58. The van der Waals surface area contributed by atoms with E-state index in [1.165, 1.54) is 0 Å². The molecule has 0 N–H and O–H groups in total. The lowest BCUT2D eigenvalue weighted by Crippen LogP contribution is -2.24. The highest BCUT2D eigenvalue weighted by Crippen LogP contribution is 2.38. The van der Waals surface area contributed by atoms with E-state index in [0.717, 1.165) is 34.6 Å². The number of nitriles is 1. The Morgan fingerprint density at radius 1 is 0.964 bits per heavy atom. The van der Waals surface area contributed by atoms with Crippen molar-refractivity contribution in [2.24, 2.45) is 5.10 Å². The van der Waals surface area contributed by atoms with Crippen molar-refractivity contribution < 1.29 is 4.74 Å². The summed E-state index contributed by atoms with van der Waals surface area (Å²) in [7, 11) is 1.66. The Bertz CT molecular complexity index is 992. The molecule has 0 amide bonds. The standard InChI is InChI=1S/C24H21N3O/c1-28-21-14-12-18(13-15-21)22-16-23(19-8-4-2-5-9-19)27(26-22)24(17-25)20-10-6-3-7-11-20/h2-15,23-24H,16H2,1H3/t23-,24-/m0/s1. The van der Waals surface area contributed by atoms with E-state index in [2.05, 4.69) is 18.2 Å². The molecule has 3 aromatic carbocycles. The van der Waals surface area contributed by atoms with Crippen LogP contribution < -0.4 is 4.74 Å². The molecule has 0 aromatic heterocycles. The molecule has 138 valence electrons. The number of benzene rings is 3. The molecule has 3 aromatic rings. The number of ether oxygens (including phenoxy) is 1. The zero-order valence-electron chi connectivity index (χ0n) is 15.7. The minimum atomic E-state index is -0.442. The van der Waals surface area contributed by atoms with Gasteiger partial charge in [0, 0.05) is 6.42 Å². The molecule has 1 aliphatic heterocycles. The third-order valence-electron chi connectivity index (χ3n) is 5.05. The van der Waals surface area contributed by atoms with Crippen LogP contribution in [0.25, 0.3) is 0 Å². The SMILES string of the molecule is COc1ccc(C2=NN([C@@H](C#N)c3ccccc3)[C@H](c3ccccc3)C2)cc1. The van der Waals surface area contributed by atoms with Crippen molar-refractivity contribution in [2.45, 2.75) is 18.5 Å². The van der Waals surface area contributed by atoms with Gasteiger partial charge >= 0.3 is 0 Å². The van der Waals surface area contributed by atoms with Crippen molar-refractivity contribution in [2.75, 3.05) is 7.11 Å². The summed E-state index contributed by atoms with van der Waals surface area (Å²) in [6, 6.07) is 30.1. The molecule has 4 nitrogen and oxygen atoms in total. The lowest BCUT2D eigenvalue weighted by atomic mass is 9.97. The van der Waals surface area contributed by atoms with E-state index in [1.54, 1.807) is 7.11 Å². The summed E-state index contributed by atoms with van der Waals surface area (Å²) in [5.41, 5.74) is 4.14. The van der Waals surface area contributed by atoms with Crippen LogP contribution in [0.4, 0.5) is 0 Å². The molecule has 4 rings (SSSR count). The van der Waals surface area contributed by atoms with Gasteiger partial charge in [0.15, 0.2) is 6.04 Å². The average molecular weight is 367 g/mol. The molecule has 4 heteroatoms. The minimum absolute atomic E-state index is 0.0168. The highest BCUT2D eigenvalue weighted by molar-refractivity contribution is 6.02. The lowest BCUT2D eigenvalue weighted by Gasteiger charge is -2.28. The van der Waals surface area contributed by atoms with Crippen LogP contribution in [-0.2, 0) is 0 Å². The fraction of sp³-hybridized carbons (Fsp3) is 0.167. The molecule has 0 unspecified atom stereocenters. The second-order valence-electron chi connectivity index (χ2n) is 6.73. The summed E-state index contributed by atoms with van der Waals surface area (Å²) in [6.07, 6.45) is 0.751. The van der Waals surface area contributed by atoms with E-state index >= 15 is 0 Å². The summed E-state index contributed by atoms with van der Waals surface area (Å²) >= 11 is 0. The van der Waals surface area contributed by atoms with Gasteiger partial charge in [-0.25, -0.2) is 0 Å². The summed E-state index contributed by atoms with van der Waals surface area (Å²) in [5.74, 6) is 0.818. The Morgan fingerprint density at radius 2 is 1.61 bits per heavy atom. The first-order chi connectivity index (χ1) is 13.8. The zero-order chi connectivity index (χ0) is 19.3. The average Bonchev–Trinajstić information content (AvgIpc) is 3.21. The van der Waals surface area contributed by atoms with E-state index in [9.17, 15) is 5.26 Å². The van der Waals surface area contributed by atoms with Crippen LogP contribution in [-0.4, -0.2) is 17.8 Å². The van der Waals surface area contributed by atoms with E-state index in [4.69, 9.17) is 9.84 Å². The molecular weight excluding hydrogens is 346 g/mol. The van der Waals surface area contributed by atoms with Crippen molar-refractivity contribution in [3.63, 3.8) is 0 Å². The highest BCUT2D eigenvalue weighted by atomic mass is 16.5. The molecule has 0 saturated heterocycles. The van der Waals surface area contributed by atoms with Gasteiger partial charge < -0.3 is 4.74 Å². The fourth-order valence-corrected chi connectivity index (χ4v) is 3.59. The number of hydrogen-bond donors (Lipinski definition) is 0. The molecule has 1 heterocycles. The summed E-state index contributed by atoms with van der Waals surface area (Å²) in [5, 5.41) is 16.8. The minimum Gasteiger partial charge on any atom is -0.497 e. The van der Waals surface area contributed by atoms with Crippen molar-refractivity contribution in [1.29, 1.82) is 5.26 Å². The van der Waals surface area contributed by atoms with Crippen LogP contribution in [0.5, 0.6) is 5.75 Å². The predicted molar refractivity (Wildman–Crippen MR) is 110 cm³/mol. The maximum absolute atomic E-state index is 9.95. The van der Waals surface area contributed by atoms with E-state index in [-0.39, 0.29) is 6.04 Å². The van der Waals surface area contributed by atoms with Crippen LogP contribution in [0.15, 0.2) is 90.0 Å². The van der Waals surface area contributed by atoms with Crippen molar-refractivity contribution in [1.82, 2.24) is 5.01 Å². The molecule has 0 radical (unpaired) electrons. The Kier molecular flexibility index (Phi) is 5.07. The Balaban J connectivity index is 1.73. The second kappa shape index (κ2) is 7.98. The summed E-state index contributed by atoms with van der Waals surface area (Å²) in [4.78, 5) is 0. The van der Waals surface area contributed by atoms with Crippen molar-refractivity contribution >= 4 is 5.71 Å². The van der Waals surface area contributed by atoms with Gasteiger partial charge in [-0.3, -0.25) is 5.01 Å². The van der Waals surface area contributed by atoms with Crippen LogP contribution in [0.1, 0.15) is 35.2 Å². The van der Waals surface area contributed by atoms with Crippen LogP contribution in [0.2, 0.25) is 0 Å². The number of rotatable bonds is 5. The fourth-order valence-electron chi connectivity index (χ4n) is 3.59. The quantitative estimate of drug-likeness (QED) is 0.629. The molecule has 0 aliphatic carbocycles. The summed E-state index contributed by atoms with van der Waals surface area (Å²) in [6.45, 7) is 0. The normalized spacial score (nSPS) is 16.9. The number of hydrogen-bond acceptors (Lipinski definition) is 4. The van der Waals surface area contributed by atoms with Gasteiger partial charge in [0.25, 0.3) is 0 Å². The van der Waals surface area contributed by atoms with Gasteiger partial charge in [-0.1, -0.05) is 60.7 Å². The van der Waals surface area contributed by atoms with Gasteiger partial charge in [-0.05, 0) is 41.0 Å². The van der Waals surface area contributed by atoms with Crippen LogP contribution in [0.3, 0.4) is 0 Å². The van der Waals surface area contributed by atoms with Gasteiger partial charge in [-0.2, -0.15) is 10.4 Å². The summed E-state index contributed by atoms with van der Waals surface area (Å²) < 4.78 is 5.26. The molecule has 2 atom stereocenters. The van der Waals surface area contributed by atoms with Gasteiger partial charge in [0.2, 0.25) is 0 Å². The maximum Gasteiger partial charge on any atom is 0.159 e. The Labute approximate surface area is 165 Å². The van der Waals surface area contributed by atoms with E-state index in [0.29, 0.717) is 0 Å². The first-order valence-electron chi connectivity index (χ1n) is 9.30. The lowest BCUT2D eigenvalue weighted by molar-refractivity contribution is 0.196. The second-order valence-corrected chi connectivity index (χ2v) is 6.73. The monoisotopic (exact) mass is 367 g/mol. The van der Waals surface area contributed by atoms with Gasteiger partial charge in [-0.15, -0.1) is 0 Å². The third-order valence-corrected chi connectivity index (χ3v) is 5.05. The molecule has 0 fully saturated rings. The first-order valence-corrected chi connectivity index (χ1v) is 9.30. The molecule has 1 aliphatic rings. The van der Waals surface area contributed by atoms with Crippen LogP contribution >= 0.6 is 0 Å². The maximum atomic E-state index is 9.95. The molecule has 0 spiro atoms. The van der Waals surface area contributed by atoms with E-state index in [1.807, 2.05) is 77.8 Å². The van der Waals surface area contributed by atoms with Crippen molar-refractivity contribution in [3.8, 4) is 11.8 Å². The third kappa shape index (κ3) is 3.47. The van der Waals surface area contributed by atoms with E-state index < -0.39 is 6.04 Å². The highest BCUT2D eigenvalue weighted by Gasteiger charge is 2.34. The number of nitrogens with zero attached hydrogens (tertiary/aromatic N) is 3. The first kappa shape index (κ1) is 17.8.